The lowest BCUT2D eigenvalue weighted by molar-refractivity contribution is -0.222. The summed E-state index contributed by atoms with van der Waals surface area (Å²) in [6.07, 6.45) is -2.39. The van der Waals surface area contributed by atoms with E-state index in [4.69, 9.17) is 4.74 Å². The van der Waals surface area contributed by atoms with Crippen LogP contribution < -0.4 is 4.74 Å². The second kappa shape index (κ2) is 4.66. The molecule has 1 heterocycles. The topological polar surface area (TPSA) is 127 Å². The average Bonchev–Trinajstić information content (AvgIpc) is 2.47. The van der Waals surface area contributed by atoms with Gasteiger partial charge in [0.05, 0.1) is 18.8 Å². The Kier molecular flexibility index (Phi) is 3.23. The first-order chi connectivity index (χ1) is 10.3. The summed E-state index contributed by atoms with van der Waals surface area (Å²) >= 11 is 0. The van der Waals surface area contributed by atoms with Gasteiger partial charge in [0.15, 0.2) is 11.2 Å². The van der Waals surface area contributed by atoms with Crippen molar-refractivity contribution >= 4 is 5.78 Å². The maximum atomic E-state index is 12.7. The van der Waals surface area contributed by atoms with Gasteiger partial charge in [-0.05, 0) is 37.5 Å². The fraction of sp³-hybridized carbons (Fsp3) is 0.533. The van der Waals surface area contributed by atoms with E-state index in [-0.39, 0.29) is 30.8 Å². The lowest BCUT2D eigenvalue weighted by Crippen LogP contribution is -2.75. The van der Waals surface area contributed by atoms with Crippen LogP contribution in [0.4, 0.5) is 0 Å². The van der Waals surface area contributed by atoms with Crippen LogP contribution in [-0.2, 0) is 6.61 Å². The number of aromatic hydroxyl groups is 1. The lowest BCUT2D eigenvalue weighted by atomic mass is 9.64. The third-order valence-corrected chi connectivity index (χ3v) is 4.81. The minimum Gasteiger partial charge on any atom is -0.507 e. The van der Waals surface area contributed by atoms with Crippen LogP contribution in [0.3, 0.4) is 0 Å². The molecule has 0 saturated heterocycles. The molecule has 0 amide bonds. The standard InChI is InChI=1S/C15H18O7/c1-14-10(18)2-3-11(19)15(14,21)13(20)12-8(17)4-7(6-16)5-9(12)22-14/h4-5,10-11,16-19,21H,2-3,6H2,1H3/t10-,11-,14-,15-/m0/s1. The van der Waals surface area contributed by atoms with Crippen LogP contribution in [0.2, 0.25) is 0 Å². The maximum absolute atomic E-state index is 12.7. The van der Waals surface area contributed by atoms with E-state index < -0.39 is 34.9 Å². The van der Waals surface area contributed by atoms with Crippen LogP contribution in [0.25, 0.3) is 0 Å². The highest BCUT2D eigenvalue weighted by Gasteiger charge is 2.67. The number of carbonyl (C=O) groups is 1. The number of benzene rings is 1. The van der Waals surface area contributed by atoms with E-state index in [0.29, 0.717) is 5.56 Å². The highest BCUT2D eigenvalue weighted by atomic mass is 16.5. The Balaban J connectivity index is 2.24. The van der Waals surface area contributed by atoms with Crippen LogP contribution in [0.5, 0.6) is 11.5 Å². The Labute approximate surface area is 126 Å². The normalized spacial score (nSPS) is 37.2. The molecule has 1 aliphatic carbocycles. The lowest BCUT2D eigenvalue weighted by Gasteiger charge is -2.54. The largest absolute Gasteiger partial charge is 0.507 e. The van der Waals surface area contributed by atoms with Crippen LogP contribution in [0.1, 0.15) is 35.7 Å². The van der Waals surface area contributed by atoms with E-state index in [1.165, 1.54) is 19.1 Å². The third-order valence-electron chi connectivity index (χ3n) is 4.81. The molecular formula is C15H18O7. The summed E-state index contributed by atoms with van der Waals surface area (Å²) in [5.41, 5.74) is -4.03. The Morgan fingerprint density at radius 2 is 1.91 bits per heavy atom. The molecule has 0 unspecified atom stereocenters. The summed E-state index contributed by atoms with van der Waals surface area (Å²) in [6.45, 7) is 0.980. The molecular weight excluding hydrogens is 292 g/mol. The van der Waals surface area contributed by atoms with Gasteiger partial charge in [-0.1, -0.05) is 0 Å². The fourth-order valence-corrected chi connectivity index (χ4v) is 3.38. The van der Waals surface area contributed by atoms with Gasteiger partial charge in [-0.15, -0.1) is 0 Å². The molecule has 1 aliphatic heterocycles. The van der Waals surface area contributed by atoms with Gasteiger partial charge in [0.25, 0.3) is 0 Å². The van der Waals surface area contributed by atoms with Crippen molar-refractivity contribution in [1.29, 1.82) is 0 Å². The monoisotopic (exact) mass is 310 g/mol. The van der Waals surface area contributed by atoms with Crippen LogP contribution in [-0.4, -0.2) is 54.7 Å². The number of hydrogen-bond acceptors (Lipinski definition) is 7. The van der Waals surface area contributed by atoms with Crippen LogP contribution in [0, 0.1) is 0 Å². The van der Waals surface area contributed by atoms with Gasteiger partial charge in [-0.2, -0.15) is 0 Å². The molecule has 120 valence electrons. The molecule has 1 aromatic rings. The van der Waals surface area contributed by atoms with E-state index in [2.05, 4.69) is 0 Å². The summed E-state index contributed by atoms with van der Waals surface area (Å²) in [6, 6.07) is 2.56. The van der Waals surface area contributed by atoms with Gasteiger partial charge >= 0.3 is 0 Å². The Hall–Kier alpha value is -1.67. The summed E-state index contributed by atoms with van der Waals surface area (Å²) in [5.74, 6) is -1.38. The van der Waals surface area contributed by atoms with E-state index in [0.717, 1.165) is 0 Å². The minimum absolute atomic E-state index is 0.0330. The number of ketones is 1. The van der Waals surface area contributed by atoms with E-state index in [9.17, 15) is 30.3 Å². The number of ether oxygens (including phenoxy) is 1. The highest BCUT2D eigenvalue weighted by molar-refractivity contribution is 6.09. The number of rotatable bonds is 1. The number of fused-ring (bicyclic) bond motifs is 2. The smallest absolute Gasteiger partial charge is 0.208 e. The van der Waals surface area contributed by atoms with Gasteiger partial charge in [-0.25, -0.2) is 0 Å². The Morgan fingerprint density at radius 1 is 1.27 bits per heavy atom. The zero-order valence-electron chi connectivity index (χ0n) is 12.0. The van der Waals surface area contributed by atoms with Crippen LogP contribution in [0.15, 0.2) is 12.1 Å². The SMILES string of the molecule is C[C@@]12Oc3cc(CO)cc(O)c3C(=O)[C@@]1(O)[C@@H](O)CC[C@@H]2O. The number of phenols is 1. The summed E-state index contributed by atoms with van der Waals surface area (Å²) in [7, 11) is 0. The third kappa shape index (κ3) is 1.67. The quantitative estimate of drug-likeness (QED) is 0.471. The fourth-order valence-electron chi connectivity index (χ4n) is 3.38. The van der Waals surface area contributed by atoms with E-state index >= 15 is 0 Å². The number of aliphatic hydroxyl groups excluding tert-OH is 3. The number of carbonyl (C=O) groups excluding carboxylic acids is 1. The van der Waals surface area contributed by atoms with Crippen molar-refractivity contribution in [3.05, 3.63) is 23.3 Å². The number of hydrogen-bond donors (Lipinski definition) is 5. The summed E-state index contributed by atoms with van der Waals surface area (Å²) in [4.78, 5) is 12.7. The van der Waals surface area contributed by atoms with Crippen molar-refractivity contribution in [1.82, 2.24) is 0 Å². The van der Waals surface area contributed by atoms with Crippen molar-refractivity contribution < 1.29 is 35.1 Å². The number of Topliss-reactive ketones (excluding diaryl/α,β-unsaturated/α-hetero) is 1. The predicted molar refractivity (Wildman–Crippen MR) is 73.6 cm³/mol. The summed E-state index contributed by atoms with van der Waals surface area (Å²) in [5, 5.41) is 50.4. The first-order valence-electron chi connectivity index (χ1n) is 7.04. The van der Waals surface area contributed by atoms with Crippen LogP contribution >= 0.6 is 0 Å². The molecule has 7 heteroatoms. The van der Waals surface area contributed by atoms with Crippen molar-refractivity contribution in [3.8, 4) is 11.5 Å². The maximum Gasteiger partial charge on any atom is 0.208 e. The molecule has 0 bridgehead atoms. The molecule has 1 fully saturated rings. The van der Waals surface area contributed by atoms with E-state index in [1.54, 1.807) is 0 Å². The molecule has 1 aromatic carbocycles. The molecule has 1 saturated carbocycles. The molecule has 5 N–H and O–H groups in total. The van der Waals surface area contributed by atoms with Gasteiger partial charge in [-0.3, -0.25) is 4.79 Å². The first-order valence-corrected chi connectivity index (χ1v) is 7.04. The van der Waals surface area contributed by atoms with Crippen molar-refractivity contribution in [2.75, 3.05) is 0 Å². The Morgan fingerprint density at radius 3 is 2.55 bits per heavy atom. The molecule has 22 heavy (non-hydrogen) atoms. The number of phenolic OH excluding ortho intramolecular Hbond substituents is 1. The zero-order chi connectivity index (χ0) is 16.3. The molecule has 0 radical (unpaired) electrons. The summed E-state index contributed by atoms with van der Waals surface area (Å²) < 4.78 is 5.65. The predicted octanol–water partition coefficient (Wildman–Crippen LogP) is -0.535. The molecule has 7 nitrogen and oxygen atoms in total. The minimum atomic E-state index is -2.35. The van der Waals surface area contributed by atoms with Crippen molar-refractivity contribution in [3.63, 3.8) is 0 Å². The molecule has 4 atom stereocenters. The van der Waals surface area contributed by atoms with Gasteiger partial charge < -0.3 is 30.3 Å². The van der Waals surface area contributed by atoms with Gasteiger partial charge in [0, 0.05) is 0 Å². The van der Waals surface area contributed by atoms with Gasteiger partial charge in [0.1, 0.15) is 17.1 Å². The highest BCUT2D eigenvalue weighted by Crippen LogP contribution is 2.50. The second-order valence-electron chi connectivity index (χ2n) is 6.06. The molecule has 3 rings (SSSR count). The number of aliphatic hydroxyl groups is 4. The zero-order valence-corrected chi connectivity index (χ0v) is 12.0. The first kappa shape index (κ1) is 15.2. The van der Waals surface area contributed by atoms with Gasteiger partial charge in [0.2, 0.25) is 5.78 Å². The molecule has 2 aliphatic rings. The second-order valence-corrected chi connectivity index (χ2v) is 6.06. The van der Waals surface area contributed by atoms with Crippen molar-refractivity contribution in [2.24, 2.45) is 0 Å². The van der Waals surface area contributed by atoms with E-state index in [1.807, 2.05) is 0 Å². The molecule has 0 spiro atoms. The molecule has 0 aromatic heterocycles. The average molecular weight is 310 g/mol. The van der Waals surface area contributed by atoms with Crippen molar-refractivity contribution in [2.45, 2.75) is 49.8 Å². The Bertz CT molecular complexity index is 643.